The summed E-state index contributed by atoms with van der Waals surface area (Å²) in [5, 5.41) is 19.5. The Morgan fingerprint density at radius 2 is 1.47 bits per heavy atom. The van der Waals surface area contributed by atoms with E-state index in [1.807, 2.05) is 0 Å². The van der Waals surface area contributed by atoms with Crippen molar-refractivity contribution in [3.05, 3.63) is 64.7 Å². The molecule has 2 aromatic carbocycles. The molecule has 0 amide bonds. The predicted octanol–water partition coefficient (Wildman–Crippen LogP) is 6.24. The molecule has 2 fully saturated rings. The van der Waals surface area contributed by atoms with Crippen LogP contribution in [0.3, 0.4) is 0 Å². The lowest BCUT2D eigenvalue weighted by atomic mass is 9.94. The molecule has 0 unspecified atom stereocenters. The Kier molecular flexibility index (Phi) is 9.29. The topological polar surface area (TPSA) is 89.9 Å². The molecular formula is C26H28F6N2O4. The Labute approximate surface area is 215 Å². The number of piperidine rings is 1. The molecule has 208 valence electrons. The summed E-state index contributed by atoms with van der Waals surface area (Å²) in [7, 11) is 0. The average molecular weight is 547 g/mol. The van der Waals surface area contributed by atoms with E-state index in [0.29, 0.717) is 18.4 Å². The fourth-order valence-corrected chi connectivity index (χ4v) is 4.29. The van der Waals surface area contributed by atoms with Gasteiger partial charge in [0, 0.05) is 18.8 Å². The maximum atomic E-state index is 13.2. The van der Waals surface area contributed by atoms with Gasteiger partial charge in [0.15, 0.2) is 0 Å². The molecule has 0 aromatic heterocycles. The fraction of sp³-hybridized carbons (Fsp3) is 0.462. The second kappa shape index (κ2) is 12.1. The van der Waals surface area contributed by atoms with E-state index in [0.717, 1.165) is 62.1 Å². The van der Waals surface area contributed by atoms with E-state index in [1.165, 1.54) is 12.1 Å². The van der Waals surface area contributed by atoms with Gasteiger partial charge in [-0.3, -0.25) is 4.90 Å². The highest BCUT2D eigenvalue weighted by atomic mass is 19.4. The quantitative estimate of drug-likeness (QED) is 0.357. The Morgan fingerprint density at radius 1 is 0.895 bits per heavy atom. The van der Waals surface area contributed by atoms with Crippen molar-refractivity contribution in [1.82, 2.24) is 4.90 Å². The van der Waals surface area contributed by atoms with Crippen LogP contribution in [0.1, 0.15) is 58.6 Å². The highest BCUT2D eigenvalue weighted by Crippen LogP contribution is 2.43. The minimum Gasteiger partial charge on any atom is -0.478 e. The van der Waals surface area contributed by atoms with Crippen LogP contribution in [0.5, 0.6) is 0 Å². The van der Waals surface area contributed by atoms with Gasteiger partial charge in [-0.05, 0) is 98.1 Å². The smallest absolute Gasteiger partial charge is 0.478 e. The number of nitrogens with zero attached hydrogens (tertiary/aromatic N) is 1. The molecular weight excluding hydrogens is 518 g/mol. The zero-order valence-corrected chi connectivity index (χ0v) is 20.3. The van der Waals surface area contributed by atoms with E-state index in [4.69, 9.17) is 15.0 Å². The molecule has 38 heavy (non-hydrogen) atoms. The van der Waals surface area contributed by atoms with Gasteiger partial charge < -0.3 is 15.5 Å². The Bertz CT molecular complexity index is 1110. The summed E-state index contributed by atoms with van der Waals surface area (Å²) >= 11 is 0. The van der Waals surface area contributed by atoms with E-state index in [1.54, 1.807) is 30.3 Å². The molecule has 0 radical (unpaired) electrons. The molecule has 1 saturated heterocycles. The second-order valence-electron chi connectivity index (χ2n) is 9.47. The fourth-order valence-electron chi connectivity index (χ4n) is 4.29. The number of anilines is 1. The van der Waals surface area contributed by atoms with Crippen molar-refractivity contribution < 1.29 is 46.1 Å². The number of rotatable bonds is 7. The molecule has 3 N–H and O–H groups in total. The van der Waals surface area contributed by atoms with Crippen LogP contribution >= 0.6 is 0 Å². The molecule has 2 aromatic rings. The van der Waals surface area contributed by atoms with Gasteiger partial charge in [0.2, 0.25) is 0 Å². The lowest BCUT2D eigenvalue weighted by Crippen LogP contribution is -2.35. The van der Waals surface area contributed by atoms with E-state index in [2.05, 4.69) is 10.2 Å². The molecule has 1 aliphatic carbocycles. The molecule has 4 rings (SSSR count). The Morgan fingerprint density at radius 3 is 1.95 bits per heavy atom. The molecule has 0 atom stereocenters. The Hall–Kier alpha value is -3.28. The zero-order chi connectivity index (χ0) is 28.1. The first kappa shape index (κ1) is 29.3. The number of halogens is 6. The maximum absolute atomic E-state index is 13.2. The van der Waals surface area contributed by atoms with E-state index >= 15 is 0 Å². The number of carboxylic acids is 2. The van der Waals surface area contributed by atoms with Crippen LogP contribution in [0.2, 0.25) is 0 Å². The summed E-state index contributed by atoms with van der Waals surface area (Å²) in [6.07, 6.45) is -5.28. The summed E-state index contributed by atoms with van der Waals surface area (Å²) in [5.74, 6) is -2.79. The summed E-state index contributed by atoms with van der Waals surface area (Å²) in [5.41, 5.74) is 2.51. The summed E-state index contributed by atoms with van der Waals surface area (Å²) in [6, 6.07) is 11.0. The third-order valence-corrected chi connectivity index (χ3v) is 6.56. The zero-order valence-electron chi connectivity index (χ0n) is 20.3. The van der Waals surface area contributed by atoms with Gasteiger partial charge in [-0.1, -0.05) is 6.07 Å². The van der Waals surface area contributed by atoms with Crippen LogP contribution in [0.15, 0.2) is 42.5 Å². The number of likely N-dealkylation sites (tertiary alicyclic amines) is 1. The predicted molar refractivity (Wildman–Crippen MR) is 127 cm³/mol. The molecule has 1 heterocycles. The summed E-state index contributed by atoms with van der Waals surface area (Å²) in [6.45, 7) is 3.11. The highest BCUT2D eigenvalue weighted by Gasteiger charge is 2.38. The van der Waals surface area contributed by atoms with Gasteiger partial charge in [0.25, 0.3) is 0 Å². The van der Waals surface area contributed by atoms with Gasteiger partial charge in [-0.2, -0.15) is 26.3 Å². The van der Waals surface area contributed by atoms with Crippen LogP contribution in [-0.2, 0) is 17.5 Å². The molecule has 6 nitrogen and oxygen atoms in total. The number of carbonyl (C=O) groups is 2. The van der Waals surface area contributed by atoms with Crippen molar-refractivity contribution in [2.75, 3.05) is 25.0 Å². The van der Waals surface area contributed by atoms with E-state index < -0.39 is 29.9 Å². The minimum atomic E-state index is -5.08. The minimum absolute atomic E-state index is 0.263. The molecule has 0 bridgehead atoms. The number of benzene rings is 2. The number of hydrogen-bond donors (Lipinski definition) is 3. The summed E-state index contributed by atoms with van der Waals surface area (Å²) < 4.78 is 71.3. The van der Waals surface area contributed by atoms with Crippen molar-refractivity contribution in [1.29, 1.82) is 0 Å². The van der Waals surface area contributed by atoms with Gasteiger partial charge in [-0.15, -0.1) is 0 Å². The van der Waals surface area contributed by atoms with Gasteiger partial charge in [0.1, 0.15) is 0 Å². The number of aliphatic carboxylic acids is 1. The van der Waals surface area contributed by atoms with Crippen molar-refractivity contribution in [2.24, 2.45) is 5.92 Å². The van der Waals surface area contributed by atoms with Crippen molar-refractivity contribution in [3.63, 3.8) is 0 Å². The first-order valence-corrected chi connectivity index (χ1v) is 12.0. The molecule has 1 saturated carbocycles. The lowest BCUT2D eigenvalue weighted by molar-refractivity contribution is -0.192. The number of carboxylic acid groups (broad SMARTS) is 2. The standard InChI is InChI=1S/C24H27F3N2O2.C2HF3O2/c25-24(26,27)20-5-8-22(17-1-2-17)19(13-20)15-29-11-9-16(10-12-29)14-28-21-6-3-18(4-7-21)23(30)31;3-2(4,5)1(6)7/h3-8,13,16-17,28H,1-2,9-12,14-15H2,(H,30,31);(H,6,7). The monoisotopic (exact) mass is 546 g/mol. The molecule has 0 spiro atoms. The summed E-state index contributed by atoms with van der Waals surface area (Å²) in [4.78, 5) is 22.1. The van der Waals surface area contributed by atoms with Gasteiger partial charge in [-0.25, -0.2) is 9.59 Å². The van der Waals surface area contributed by atoms with Crippen molar-refractivity contribution in [3.8, 4) is 0 Å². The number of aromatic carboxylic acids is 1. The van der Waals surface area contributed by atoms with Crippen LogP contribution < -0.4 is 5.32 Å². The molecule has 2 aliphatic rings. The average Bonchev–Trinajstić information content (AvgIpc) is 3.68. The normalized spacial score (nSPS) is 16.9. The van der Waals surface area contributed by atoms with Crippen molar-refractivity contribution >= 4 is 17.6 Å². The lowest BCUT2D eigenvalue weighted by Gasteiger charge is -2.33. The number of nitrogens with one attached hydrogen (secondary N) is 1. The first-order chi connectivity index (χ1) is 17.7. The Balaban J connectivity index is 0.000000505. The van der Waals surface area contributed by atoms with E-state index in [-0.39, 0.29) is 5.56 Å². The highest BCUT2D eigenvalue weighted by molar-refractivity contribution is 5.88. The SMILES string of the molecule is O=C(O)C(F)(F)F.O=C(O)c1ccc(NCC2CCN(Cc3cc(C(F)(F)F)ccc3C3CC3)CC2)cc1. The molecule has 1 aliphatic heterocycles. The van der Waals surface area contributed by atoms with Crippen molar-refractivity contribution in [2.45, 2.75) is 50.5 Å². The van der Waals surface area contributed by atoms with Gasteiger partial charge >= 0.3 is 24.3 Å². The number of hydrogen-bond acceptors (Lipinski definition) is 4. The largest absolute Gasteiger partial charge is 0.490 e. The third kappa shape index (κ3) is 8.64. The molecule has 12 heteroatoms. The van der Waals surface area contributed by atoms with Gasteiger partial charge in [0.05, 0.1) is 11.1 Å². The van der Waals surface area contributed by atoms with Crippen LogP contribution in [0.4, 0.5) is 32.0 Å². The van der Waals surface area contributed by atoms with E-state index in [9.17, 15) is 31.1 Å². The number of alkyl halides is 6. The first-order valence-electron chi connectivity index (χ1n) is 12.0. The van der Waals surface area contributed by atoms with Crippen LogP contribution in [0, 0.1) is 5.92 Å². The third-order valence-electron chi connectivity index (χ3n) is 6.56. The van der Waals surface area contributed by atoms with Crippen LogP contribution in [0.25, 0.3) is 0 Å². The maximum Gasteiger partial charge on any atom is 0.490 e. The van der Waals surface area contributed by atoms with Crippen LogP contribution in [-0.4, -0.2) is 52.9 Å². The second-order valence-corrected chi connectivity index (χ2v) is 9.47.